The van der Waals surface area contributed by atoms with Gasteiger partial charge in [0, 0.05) is 80.1 Å². The van der Waals surface area contributed by atoms with Crippen molar-refractivity contribution in [3.63, 3.8) is 0 Å². The van der Waals surface area contributed by atoms with Crippen LogP contribution < -0.4 is 44.5 Å². The molecule has 8 heterocycles. The molecule has 7 aromatic rings. The van der Waals surface area contributed by atoms with Gasteiger partial charge in [-0.15, -0.1) is 28.6 Å². The number of benzene rings is 6. The van der Waals surface area contributed by atoms with Gasteiger partial charge >= 0.3 is 5.97 Å². The van der Waals surface area contributed by atoms with E-state index in [4.69, 9.17) is 18.9 Å². The Balaban J connectivity index is 1.03. The highest BCUT2D eigenvalue weighted by molar-refractivity contribution is 8.00. The number of ether oxygens (including phenoxy) is 4. The van der Waals surface area contributed by atoms with Gasteiger partial charge in [0.2, 0.25) is 18.1 Å². The van der Waals surface area contributed by atoms with Crippen molar-refractivity contribution in [3.05, 3.63) is 144 Å². The first-order chi connectivity index (χ1) is 35.7. The maximum absolute atomic E-state index is 17.0. The minimum absolute atomic E-state index is 0.00657. The van der Waals surface area contributed by atoms with Gasteiger partial charge < -0.3 is 39.6 Å². The second-order valence-corrected chi connectivity index (χ2v) is 21.2. The van der Waals surface area contributed by atoms with E-state index in [1.807, 2.05) is 59.2 Å². The van der Waals surface area contributed by atoms with Crippen molar-refractivity contribution in [2.45, 2.75) is 22.0 Å². The predicted octanol–water partition coefficient (Wildman–Crippen LogP) is 9.92. The number of hydrogen-bond donors (Lipinski definition) is 4. The molecule has 0 spiro atoms. The number of anilines is 5. The van der Waals surface area contributed by atoms with Gasteiger partial charge in [-0.3, -0.25) is 23.6 Å². The number of nitrogens with zero attached hydrogens (tertiary/aromatic N) is 4. The molecular weight excluding hydrogens is 1010 g/mol. The van der Waals surface area contributed by atoms with Crippen LogP contribution in [0.1, 0.15) is 28.9 Å². The zero-order valence-corrected chi connectivity index (χ0v) is 40.7. The third kappa shape index (κ3) is 7.43. The van der Waals surface area contributed by atoms with Crippen molar-refractivity contribution in [2.75, 3.05) is 45.5 Å². The lowest BCUT2D eigenvalue weighted by Crippen LogP contribution is -2.38. The molecule has 0 fully saturated rings. The van der Waals surface area contributed by atoms with Crippen LogP contribution in [0, 0.1) is 11.9 Å². The molecule has 0 bridgehead atoms. The molecule has 7 aliphatic rings. The summed E-state index contributed by atoms with van der Waals surface area (Å²) in [7, 11) is 0. The molecule has 1 radical (unpaired) electrons. The first kappa shape index (κ1) is 43.8. The summed E-state index contributed by atoms with van der Waals surface area (Å²) in [5.41, 5.74) is 6.96. The fourth-order valence-electron chi connectivity index (χ4n) is 9.75. The number of rotatable bonds is 6. The number of allylic oxidation sites excluding steroid dienone is 3. The number of halogens is 1. The molecule has 2 unspecified atom stereocenters. The molecule has 4 N–H and O–H groups in total. The van der Waals surface area contributed by atoms with Gasteiger partial charge in [0.25, 0.3) is 11.8 Å². The van der Waals surface area contributed by atoms with E-state index in [1.54, 1.807) is 60.3 Å². The van der Waals surface area contributed by atoms with E-state index < -0.39 is 29.9 Å². The Bertz CT molecular complexity index is 3750. The lowest BCUT2D eigenvalue weighted by Gasteiger charge is -2.37. The number of amides is 3. The Morgan fingerprint density at radius 1 is 0.795 bits per heavy atom. The quantitative estimate of drug-likeness (QED) is 0.0700. The summed E-state index contributed by atoms with van der Waals surface area (Å²) in [4.78, 5) is 58.5. The van der Waals surface area contributed by atoms with Crippen molar-refractivity contribution < 1.29 is 42.5 Å². The van der Waals surface area contributed by atoms with E-state index in [1.165, 1.54) is 46.4 Å². The van der Waals surface area contributed by atoms with Gasteiger partial charge in [0.15, 0.2) is 18.1 Å². The van der Waals surface area contributed by atoms with Crippen LogP contribution in [0.2, 0.25) is 0 Å². The summed E-state index contributed by atoms with van der Waals surface area (Å²) in [6.07, 6.45) is 5.04. The van der Waals surface area contributed by atoms with Gasteiger partial charge in [-0.1, -0.05) is 22.7 Å². The Labute approximate surface area is 430 Å². The molecule has 16 nitrogen and oxygen atoms in total. The van der Waals surface area contributed by atoms with Crippen molar-refractivity contribution in [3.8, 4) is 45.3 Å². The second-order valence-electron chi connectivity index (χ2n) is 17.4. The van der Waals surface area contributed by atoms with Crippen molar-refractivity contribution in [1.29, 1.82) is 0 Å². The van der Waals surface area contributed by atoms with E-state index in [9.17, 15) is 14.4 Å². The minimum Gasteiger partial charge on any atom is -0.482 e. The number of aromatic nitrogens is 2. The zero-order chi connectivity index (χ0) is 49.1. The largest absolute Gasteiger partial charge is 0.482 e. The lowest BCUT2D eigenvalue weighted by atomic mass is 9.84. The highest BCUT2D eigenvalue weighted by Crippen LogP contribution is 2.58. The fraction of sp³-hybridized carbons (Fsp3) is 0.115. The second kappa shape index (κ2) is 17.1. The SMILES string of the molecule is O=C1COc2ccc(C3Oc4cc(F)[c]c(-c5c(C6=CC7=CNSN7C=C6)cc6c(c5-c5ccc7c(c5)NCCS7)OC(=O)C(c5ccc7c(c5)NC(=O)CS7)O6)c4N(c4ccc5snnc5c4)C3=O)cc2N1. The average Bonchev–Trinajstić information content (AvgIpc) is 4.09. The number of esters is 1. The van der Waals surface area contributed by atoms with Crippen LogP contribution in [0.15, 0.2) is 125 Å². The van der Waals surface area contributed by atoms with Crippen LogP contribution in [0.4, 0.5) is 32.8 Å². The predicted molar refractivity (Wildman–Crippen MR) is 276 cm³/mol. The number of nitrogens with one attached hydrogen (secondary N) is 4. The number of thioether (sulfide) groups is 2. The molecule has 359 valence electrons. The van der Waals surface area contributed by atoms with Crippen LogP contribution in [0.25, 0.3) is 38.0 Å². The molecule has 3 amide bonds. The molecule has 0 saturated heterocycles. The summed E-state index contributed by atoms with van der Waals surface area (Å²) in [5, 5.41) is 13.6. The molecule has 6 aromatic carbocycles. The minimum atomic E-state index is -1.35. The molecule has 7 aliphatic heterocycles. The highest BCUT2D eigenvalue weighted by atomic mass is 32.2. The van der Waals surface area contributed by atoms with Gasteiger partial charge in [-0.05, 0) is 101 Å². The molecule has 2 atom stereocenters. The first-order valence-electron chi connectivity index (χ1n) is 22.7. The van der Waals surface area contributed by atoms with E-state index >= 15 is 9.18 Å². The summed E-state index contributed by atoms with van der Waals surface area (Å²) >= 11 is 5.68. The maximum atomic E-state index is 17.0. The molecule has 14 rings (SSSR count). The number of carbonyl (C=O) groups excluding carboxylic acids is 4. The van der Waals surface area contributed by atoms with Crippen LogP contribution in [-0.2, 0) is 19.2 Å². The molecule has 1 aromatic heterocycles. The van der Waals surface area contributed by atoms with E-state index in [-0.39, 0.29) is 52.7 Å². The van der Waals surface area contributed by atoms with Gasteiger partial charge in [0.05, 0.1) is 51.0 Å². The third-order valence-corrected chi connectivity index (χ3v) is 16.6. The van der Waals surface area contributed by atoms with Crippen LogP contribution in [0.3, 0.4) is 0 Å². The summed E-state index contributed by atoms with van der Waals surface area (Å²) in [5.74, 6) is -0.824. The van der Waals surface area contributed by atoms with Crippen LogP contribution in [0.5, 0.6) is 23.0 Å². The standard InChI is InChI=1S/C52H32FN8O8S4/c53-28-17-32(47-38(18-28)67-48(26-1-5-37-33(15-26)56-43(62)22-66-37)51(64)61(47)29-4-8-42-36(19-29)58-59-72-42)46-31(24-9-11-60-30(13-24)21-55-73-60)20-39-50(45(46)25-2-6-40-34(14-25)54-10-12-70-40)69-52(65)49(68-39)27-3-7-41-35(16-27)57-44(63)23-71-41/h1-9,11,13-16,18-21,48-49,54-55H,10,12,22-23H2,(H,56,62)(H,57,63). The average molecular weight is 1040 g/mol. The van der Waals surface area contributed by atoms with E-state index in [2.05, 4.69) is 36.3 Å². The highest BCUT2D eigenvalue weighted by Gasteiger charge is 2.43. The molecule has 0 saturated carbocycles. The Hall–Kier alpha value is -7.98. The first-order valence-corrected chi connectivity index (χ1v) is 26.2. The van der Waals surface area contributed by atoms with Crippen molar-refractivity contribution >= 4 is 115 Å². The number of fused-ring (bicyclic) bond motifs is 7. The van der Waals surface area contributed by atoms with Gasteiger partial charge in [-0.2, -0.15) is 0 Å². The van der Waals surface area contributed by atoms with Crippen LogP contribution in [-0.4, -0.2) is 62.2 Å². The third-order valence-electron chi connectivity index (χ3n) is 13.0. The smallest absolute Gasteiger partial charge is 0.357 e. The summed E-state index contributed by atoms with van der Waals surface area (Å²) in [6.45, 7) is 0.538. The molecule has 0 aliphatic carbocycles. The summed E-state index contributed by atoms with van der Waals surface area (Å²) in [6, 6.07) is 27.4. The number of carbonyl (C=O) groups is 4. The Morgan fingerprint density at radius 3 is 2.56 bits per heavy atom. The van der Waals surface area contributed by atoms with Gasteiger partial charge in [-0.25, -0.2) is 9.18 Å². The zero-order valence-electron chi connectivity index (χ0n) is 37.4. The Morgan fingerprint density at radius 2 is 1.63 bits per heavy atom. The van der Waals surface area contributed by atoms with E-state index in [0.717, 1.165) is 31.6 Å². The van der Waals surface area contributed by atoms with Crippen molar-refractivity contribution in [2.24, 2.45) is 0 Å². The molecule has 73 heavy (non-hydrogen) atoms. The molecular formula is C52H32FN8O8S4. The normalized spacial score (nSPS) is 19.1. The summed E-state index contributed by atoms with van der Waals surface area (Å²) < 4.78 is 52.7. The van der Waals surface area contributed by atoms with Crippen LogP contribution >= 0.6 is 47.2 Å². The molecule has 21 heteroatoms. The Kier molecular flexibility index (Phi) is 10.2. The van der Waals surface area contributed by atoms with Gasteiger partial charge in [0.1, 0.15) is 22.8 Å². The maximum Gasteiger partial charge on any atom is 0.357 e. The fourth-order valence-corrected chi connectivity index (χ4v) is 12.6. The number of hydrogen-bond acceptors (Lipinski definition) is 17. The van der Waals surface area contributed by atoms with Crippen molar-refractivity contribution in [1.82, 2.24) is 18.6 Å². The van der Waals surface area contributed by atoms with E-state index in [0.29, 0.717) is 73.8 Å². The lowest BCUT2D eigenvalue weighted by molar-refractivity contribution is -0.145. The monoisotopic (exact) mass is 1040 g/mol. The topological polar surface area (TPSA) is 186 Å².